The number of amides is 1. The van der Waals surface area contributed by atoms with Gasteiger partial charge in [0.15, 0.2) is 23.3 Å². The zero-order valence-electron chi connectivity index (χ0n) is 17.4. The molecule has 0 N–H and O–H groups in total. The predicted molar refractivity (Wildman–Crippen MR) is 117 cm³/mol. The van der Waals surface area contributed by atoms with Crippen LogP contribution >= 0.6 is 0 Å². The van der Waals surface area contributed by atoms with Gasteiger partial charge >= 0.3 is 0 Å². The minimum atomic E-state index is -0.315. The second-order valence-corrected chi connectivity index (χ2v) is 7.58. The van der Waals surface area contributed by atoms with E-state index >= 15 is 0 Å². The van der Waals surface area contributed by atoms with Gasteiger partial charge in [-0.25, -0.2) is 9.67 Å². The van der Waals surface area contributed by atoms with Crippen LogP contribution in [0.2, 0.25) is 0 Å². The Kier molecular flexibility index (Phi) is 5.06. The van der Waals surface area contributed by atoms with Gasteiger partial charge in [0.2, 0.25) is 5.91 Å². The van der Waals surface area contributed by atoms with Crippen LogP contribution in [0.1, 0.15) is 0 Å². The molecule has 3 heterocycles. The summed E-state index contributed by atoms with van der Waals surface area (Å²) in [6, 6.07) is 16.9. The summed E-state index contributed by atoms with van der Waals surface area (Å²) in [5.74, 6) is 1.12. The number of carbonyl (C=O) groups excluding carboxylic acids is 1. The quantitative estimate of drug-likeness (QED) is 0.479. The van der Waals surface area contributed by atoms with Crippen LogP contribution in [-0.4, -0.2) is 56.4 Å². The van der Waals surface area contributed by atoms with Gasteiger partial charge in [0, 0.05) is 7.05 Å². The lowest BCUT2D eigenvalue weighted by molar-refractivity contribution is -0.132. The molecule has 5 rings (SSSR count). The van der Waals surface area contributed by atoms with Crippen molar-refractivity contribution in [1.82, 2.24) is 24.2 Å². The van der Waals surface area contributed by atoms with Crippen LogP contribution < -0.4 is 15.0 Å². The van der Waals surface area contributed by atoms with Crippen molar-refractivity contribution >= 4 is 16.9 Å². The number of carbonyl (C=O) groups is 1. The predicted octanol–water partition coefficient (Wildman–Crippen LogP) is 1.88. The van der Waals surface area contributed by atoms with Crippen LogP contribution in [0.25, 0.3) is 16.7 Å². The van der Waals surface area contributed by atoms with E-state index in [1.54, 1.807) is 11.7 Å². The van der Waals surface area contributed by atoms with E-state index in [2.05, 4.69) is 10.1 Å². The van der Waals surface area contributed by atoms with E-state index in [-0.39, 0.29) is 24.1 Å². The zero-order chi connectivity index (χ0) is 22.1. The Bertz CT molecular complexity index is 1330. The van der Waals surface area contributed by atoms with Crippen molar-refractivity contribution in [3.05, 3.63) is 77.5 Å². The first kappa shape index (κ1) is 19.8. The van der Waals surface area contributed by atoms with Crippen LogP contribution in [0.5, 0.6) is 11.5 Å². The van der Waals surface area contributed by atoms with Crippen LogP contribution in [0.4, 0.5) is 0 Å². The Morgan fingerprint density at radius 1 is 1.12 bits per heavy atom. The van der Waals surface area contributed by atoms with Gasteiger partial charge in [-0.05, 0) is 24.3 Å². The first-order valence-electron chi connectivity index (χ1n) is 10.2. The fourth-order valence-corrected chi connectivity index (χ4v) is 3.65. The summed E-state index contributed by atoms with van der Waals surface area (Å²) >= 11 is 0. The molecular weight excluding hydrogens is 410 g/mol. The Balaban J connectivity index is 1.29. The maximum absolute atomic E-state index is 12.9. The van der Waals surface area contributed by atoms with Gasteiger partial charge in [-0.15, -0.1) is 0 Å². The lowest BCUT2D eigenvalue weighted by atomic mass is 10.2. The Hall–Kier alpha value is -4.14. The van der Waals surface area contributed by atoms with Crippen LogP contribution in [0.15, 0.2) is 71.9 Å². The highest BCUT2D eigenvalue weighted by Crippen LogP contribution is 2.30. The first-order chi connectivity index (χ1) is 15.6. The van der Waals surface area contributed by atoms with E-state index in [9.17, 15) is 9.59 Å². The molecule has 1 unspecified atom stereocenters. The number of hydrogen-bond donors (Lipinski definition) is 0. The third kappa shape index (κ3) is 3.68. The lowest BCUT2D eigenvalue weighted by Gasteiger charge is -2.29. The molecule has 9 heteroatoms. The molecule has 2 aromatic carbocycles. The molecule has 0 fully saturated rings. The highest BCUT2D eigenvalue weighted by atomic mass is 16.6. The molecule has 0 spiro atoms. The monoisotopic (exact) mass is 431 g/mol. The number of fused-ring (bicyclic) bond motifs is 2. The standard InChI is InChI=1S/C23H21N5O4/c1-26(12-17-14-31-19-9-5-6-10-20(19)32-17)21(29)13-27-15-24-22-18(23(27)30)11-25-28(22)16-7-3-2-4-8-16/h2-11,15,17H,12-14H2,1H3. The van der Waals surface area contributed by atoms with E-state index in [0.717, 1.165) is 5.69 Å². The zero-order valence-corrected chi connectivity index (χ0v) is 17.4. The highest BCUT2D eigenvalue weighted by Gasteiger charge is 2.24. The van der Waals surface area contributed by atoms with Gasteiger partial charge in [0.1, 0.15) is 24.9 Å². The highest BCUT2D eigenvalue weighted by molar-refractivity contribution is 5.77. The molecule has 1 atom stereocenters. The van der Waals surface area contributed by atoms with E-state index < -0.39 is 0 Å². The van der Waals surface area contributed by atoms with Crippen molar-refractivity contribution in [2.24, 2.45) is 0 Å². The summed E-state index contributed by atoms with van der Waals surface area (Å²) in [5.41, 5.74) is 0.939. The fraction of sp³-hybridized carbons (Fsp3) is 0.217. The van der Waals surface area contributed by atoms with E-state index in [0.29, 0.717) is 35.7 Å². The van der Waals surface area contributed by atoms with E-state index in [1.807, 2.05) is 54.6 Å². The normalized spacial score (nSPS) is 15.0. The van der Waals surface area contributed by atoms with Gasteiger partial charge in [0.25, 0.3) is 5.56 Å². The Labute approximate surface area is 183 Å². The Morgan fingerprint density at radius 3 is 2.69 bits per heavy atom. The average Bonchev–Trinajstić information content (AvgIpc) is 3.26. The summed E-state index contributed by atoms with van der Waals surface area (Å²) in [5, 5.41) is 4.65. The van der Waals surface area contributed by atoms with Gasteiger partial charge < -0.3 is 14.4 Å². The van der Waals surface area contributed by atoms with E-state index in [1.165, 1.54) is 22.0 Å². The molecule has 1 aliphatic rings. The molecule has 0 saturated carbocycles. The molecule has 4 aromatic rings. The number of ether oxygens (including phenoxy) is 2. The molecule has 1 aliphatic heterocycles. The SMILES string of the molecule is CN(CC1COc2ccccc2O1)C(=O)Cn1cnc2c(cnn2-c2ccccc2)c1=O. The third-order valence-electron chi connectivity index (χ3n) is 5.33. The second-order valence-electron chi connectivity index (χ2n) is 7.58. The average molecular weight is 431 g/mol. The van der Waals surface area contributed by atoms with Crippen LogP contribution in [-0.2, 0) is 11.3 Å². The molecule has 1 amide bonds. The maximum atomic E-state index is 12.9. The molecular formula is C23H21N5O4. The minimum Gasteiger partial charge on any atom is -0.486 e. The number of hydrogen-bond acceptors (Lipinski definition) is 6. The molecule has 0 radical (unpaired) electrons. The number of benzene rings is 2. The summed E-state index contributed by atoms with van der Waals surface area (Å²) in [7, 11) is 1.68. The smallest absolute Gasteiger partial charge is 0.264 e. The van der Waals surface area contributed by atoms with Crippen molar-refractivity contribution in [3.63, 3.8) is 0 Å². The van der Waals surface area contributed by atoms with Crippen molar-refractivity contribution in [1.29, 1.82) is 0 Å². The van der Waals surface area contributed by atoms with Gasteiger partial charge in [-0.2, -0.15) is 5.10 Å². The number of likely N-dealkylation sites (N-methyl/N-ethyl adjacent to an activating group) is 1. The van der Waals surface area contributed by atoms with E-state index in [4.69, 9.17) is 9.47 Å². The summed E-state index contributed by atoms with van der Waals surface area (Å²) in [6.07, 6.45) is 2.57. The molecule has 0 saturated heterocycles. The third-order valence-corrected chi connectivity index (χ3v) is 5.33. The van der Waals surface area contributed by atoms with Crippen molar-refractivity contribution in [2.75, 3.05) is 20.2 Å². The van der Waals surface area contributed by atoms with Gasteiger partial charge in [-0.3, -0.25) is 14.2 Å². The molecule has 32 heavy (non-hydrogen) atoms. The Morgan fingerprint density at radius 2 is 1.88 bits per heavy atom. The fourth-order valence-electron chi connectivity index (χ4n) is 3.65. The summed E-state index contributed by atoms with van der Waals surface area (Å²) in [6.45, 7) is 0.559. The van der Waals surface area contributed by atoms with Crippen molar-refractivity contribution in [2.45, 2.75) is 12.6 Å². The molecule has 162 valence electrons. The first-order valence-corrected chi connectivity index (χ1v) is 10.2. The number of aromatic nitrogens is 4. The topological polar surface area (TPSA) is 91.5 Å². The van der Waals surface area contributed by atoms with Crippen LogP contribution in [0, 0.1) is 0 Å². The molecule has 0 aliphatic carbocycles. The minimum absolute atomic E-state index is 0.126. The molecule has 2 aromatic heterocycles. The molecule has 0 bridgehead atoms. The largest absolute Gasteiger partial charge is 0.486 e. The van der Waals surface area contributed by atoms with Crippen LogP contribution in [0.3, 0.4) is 0 Å². The van der Waals surface area contributed by atoms with Gasteiger partial charge in [-0.1, -0.05) is 30.3 Å². The molecule has 9 nitrogen and oxygen atoms in total. The number of nitrogens with zero attached hydrogens (tertiary/aromatic N) is 5. The van der Waals surface area contributed by atoms with Gasteiger partial charge in [0.05, 0.1) is 18.4 Å². The lowest BCUT2D eigenvalue weighted by Crippen LogP contribution is -2.43. The maximum Gasteiger partial charge on any atom is 0.264 e. The van der Waals surface area contributed by atoms with Crippen molar-refractivity contribution in [3.8, 4) is 17.2 Å². The van der Waals surface area contributed by atoms with Crippen molar-refractivity contribution < 1.29 is 14.3 Å². The second kappa shape index (κ2) is 8.18. The number of para-hydroxylation sites is 3. The number of rotatable bonds is 5. The summed E-state index contributed by atoms with van der Waals surface area (Å²) in [4.78, 5) is 31.6. The summed E-state index contributed by atoms with van der Waals surface area (Å²) < 4.78 is 14.5.